The van der Waals surface area contributed by atoms with Gasteiger partial charge in [-0.25, -0.2) is 4.98 Å². The summed E-state index contributed by atoms with van der Waals surface area (Å²) in [7, 11) is 1.65. The minimum Gasteiger partial charge on any atom is -0.497 e. The van der Waals surface area contributed by atoms with Crippen molar-refractivity contribution in [3.63, 3.8) is 0 Å². The fraction of sp³-hybridized carbons (Fsp3) is 0.125. The zero-order chi connectivity index (χ0) is 20.9. The van der Waals surface area contributed by atoms with Gasteiger partial charge in [0.2, 0.25) is 0 Å². The third-order valence-electron chi connectivity index (χ3n) is 4.59. The summed E-state index contributed by atoms with van der Waals surface area (Å²) < 4.78 is 7.28. The number of benzene rings is 2. The Labute approximate surface area is 179 Å². The third-order valence-corrected chi connectivity index (χ3v) is 5.58. The molecule has 0 aliphatic carbocycles. The number of hydrogen-bond donors (Lipinski definition) is 0. The summed E-state index contributed by atoms with van der Waals surface area (Å²) in [6.07, 6.45) is 3.83. The van der Waals surface area contributed by atoms with E-state index in [2.05, 4.69) is 23.2 Å². The first kappa shape index (κ1) is 19.6. The number of aryl methyl sites for hydroxylation is 1. The predicted molar refractivity (Wildman–Crippen MR) is 120 cm³/mol. The molecule has 0 saturated carbocycles. The molecule has 0 N–H and O–H groups in total. The Hall–Kier alpha value is -3.69. The standard InChI is InChI=1S/C24H20N4OS/c1-17-16-30-24(26-17)20(13-25)11-21-15-28(14-18-7-4-3-5-8-18)27-23(21)19-9-6-10-22(12-19)29-2/h3-12,15-16H,14H2,1-2H3/b20-11+. The molecule has 148 valence electrons. The highest BCUT2D eigenvalue weighted by atomic mass is 32.1. The van der Waals surface area contributed by atoms with Crippen molar-refractivity contribution in [1.29, 1.82) is 5.26 Å². The Morgan fingerprint density at radius 2 is 2.03 bits per heavy atom. The minimum atomic E-state index is 0.525. The van der Waals surface area contributed by atoms with Crippen LogP contribution in [0, 0.1) is 18.3 Å². The van der Waals surface area contributed by atoms with Gasteiger partial charge in [-0.2, -0.15) is 10.4 Å². The van der Waals surface area contributed by atoms with Crippen LogP contribution < -0.4 is 4.74 Å². The highest BCUT2D eigenvalue weighted by molar-refractivity contribution is 7.11. The number of ether oxygens (including phenoxy) is 1. The second-order valence-corrected chi connectivity index (χ2v) is 7.67. The summed E-state index contributed by atoms with van der Waals surface area (Å²) in [6, 6.07) is 20.2. The molecular formula is C24H20N4OS. The lowest BCUT2D eigenvalue weighted by molar-refractivity contribution is 0.415. The lowest BCUT2D eigenvalue weighted by atomic mass is 10.1. The molecule has 5 nitrogen and oxygen atoms in total. The molecule has 0 aliphatic heterocycles. The van der Waals surface area contributed by atoms with Gasteiger partial charge in [-0.1, -0.05) is 42.5 Å². The number of thiazole rings is 1. The maximum atomic E-state index is 9.74. The maximum absolute atomic E-state index is 9.74. The molecule has 0 saturated heterocycles. The zero-order valence-corrected chi connectivity index (χ0v) is 17.6. The molecule has 0 spiro atoms. The molecule has 2 heterocycles. The van der Waals surface area contributed by atoms with Crippen LogP contribution in [0.25, 0.3) is 22.9 Å². The van der Waals surface area contributed by atoms with Crippen LogP contribution in [0.5, 0.6) is 5.75 Å². The Balaban J connectivity index is 1.80. The van der Waals surface area contributed by atoms with Gasteiger partial charge in [0, 0.05) is 28.4 Å². The van der Waals surface area contributed by atoms with Gasteiger partial charge >= 0.3 is 0 Å². The van der Waals surface area contributed by atoms with Crippen LogP contribution in [0.1, 0.15) is 21.8 Å². The van der Waals surface area contributed by atoms with Crippen molar-refractivity contribution in [2.24, 2.45) is 0 Å². The van der Waals surface area contributed by atoms with E-state index in [0.717, 1.165) is 33.8 Å². The van der Waals surface area contributed by atoms with Crippen LogP contribution >= 0.6 is 11.3 Å². The molecule has 0 unspecified atom stereocenters. The summed E-state index contributed by atoms with van der Waals surface area (Å²) in [5.74, 6) is 0.760. The Kier molecular flexibility index (Phi) is 5.73. The normalized spacial score (nSPS) is 11.3. The monoisotopic (exact) mass is 412 g/mol. The molecule has 0 bridgehead atoms. The summed E-state index contributed by atoms with van der Waals surface area (Å²) in [5.41, 5.74) is 5.18. The predicted octanol–water partition coefficient (Wildman–Crippen LogP) is 5.44. The van der Waals surface area contributed by atoms with E-state index >= 15 is 0 Å². The van der Waals surface area contributed by atoms with Crippen LogP contribution in [-0.4, -0.2) is 21.9 Å². The van der Waals surface area contributed by atoms with Crippen molar-refractivity contribution >= 4 is 23.0 Å². The van der Waals surface area contributed by atoms with Crippen molar-refractivity contribution in [1.82, 2.24) is 14.8 Å². The van der Waals surface area contributed by atoms with Gasteiger partial charge in [0.25, 0.3) is 0 Å². The number of nitrogens with zero attached hydrogens (tertiary/aromatic N) is 4. The van der Waals surface area contributed by atoms with Crippen molar-refractivity contribution in [2.75, 3.05) is 7.11 Å². The Morgan fingerprint density at radius 1 is 1.20 bits per heavy atom. The smallest absolute Gasteiger partial charge is 0.134 e. The van der Waals surface area contributed by atoms with Crippen molar-refractivity contribution < 1.29 is 4.74 Å². The van der Waals surface area contributed by atoms with Gasteiger partial charge in [-0.15, -0.1) is 11.3 Å². The average Bonchev–Trinajstić information content (AvgIpc) is 3.38. The molecule has 0 atom stereocenters. The summed E-state index contributed by atoms with van der Waals surface area (Å²) in [6.45, 7) is 2.57. The number of rotatable bonds is 6. The molecular weight excluding hydrogens is 392 g/mol. The van der Waals surface area contributed by atoms with Crippen molar-refractivity contribution in [3.8, 4) is 23.1 Å². The van der Waals surface area contributed by atoms with Crippen LogP contribution in [-0.2, 0) is 6.54 Å². The van der Waals surface area contributed by atoms with Crippen molar-refractivity contribution in [3.05, 3.63) is 88.0 Å². The summed E-state index contributed by atoms with van der Waals surface area (Å²) in [5, 5.41) is 17.2. The highest BCUT2D eigenvalue weighted by Crippen LogP contribution is 2.29. The van der Waals surface area contributed by atoms with Crippen LogP contribution in [0.4, 0.5) is 0 Å². The molecule has 0 fully saturated rings. The molecule has 2 aromatic heterocycles. The summed E-state index contributed by atoms with van der Waals surface area (Å²) >= 11 is 1.47. The third kappa shape index (κ3) is 4.32. The second kappa shape index (κ2) is 8.76. The van der Waals surface area contributed by atoms with E-state index in [4.69, 9.17) is 9.84 Å². The molecule has 0 aliphatic rings. The van der Waals surface area contributed by atoms with Gasteiger partial charge in [-0.3, -0.25) is 4.68 Å². The van der Waals surface area contributed by atoms with E-state index < -0.39 is 0 Å². The molecule has 4 rings (SSSR count). The number of nitriles is 1. The van der Waals surface area contributed by atoms with Gasteiger partial charge in [0.15, 0.2) is 0 Å². The summed E-state index contributed by atoms with van der Waals surface area (Å²) in [4.78, 5) is 4.46. The van der Waals surface area contributed by atoms with Gasteiger partial charge in [-0.05, 0) is 30.7 Å². The number of allylic oxidation sites excluding steroid dienone is 1. The number of methoxy groups -OCH3 is 1. The zero-order valence-electron chi connectivity index (χ0n) is 16.7. The van der Waals surface area contributed by atoms with Gasteiger partial charge < -0.3 is 4.74 Å². The fourth-order valence-electron chi connectivity index (χ4n) is 3.16. The van der Waals surface area contributed by atoms with E-state index in [9.17, 15) is 5.26 Å². The topological polar surface area (TPSA) is 63.7 Å². The Morgan fingerprint density at radius 3 is 2.73 bits per heavy atom. The molecule has 6 heteroatoms. The van der Waals surface area contributed by atoms with E-state index in [-0.39, 0.29) is 0 Å². The van der Waals surface area contributed by atoms with E-state index in [1.807, 2.05) is 71.7 Å². The largest absolute Gasteiger partial charge is 0.497 e. The van der Waals surface area contributed by atoms with E-state index in [1.54, 1.807) is 7.11 Å². The first-order valence-electron chi connectivity index (χ1n) is 9.46. The highest BCUT2D eigenvalue weighted by Gasteiger charge is 2.14. The molecule has 0 radical (unpaired) electrons. The lowest BCUT2D eigenvalue weighted by Gasteiger charge is -2.04. The Bertz CT molecular complexity index is 1230. The van der Waals surface area contributed by atoms with Gasteiger partial charge in [0.1, 0.15) is 16.8 Å². The maximum Gasteiger partial charge on any atom is 0.134 e. The second-order valence-electron chi connectivity index (χ2n) is 6.81. The van der Waals surface area contributed by atoms with Crippen LogP contribution in [0.3, 0.4) is 0 Å². The van der Waals surface area contributed by atoms with E-state index in [0.29, 0.717) is 17.1 Å². The SMILES string of the molecule is COc1cccc(-c2nn(Cc3ccccc3)cc2/C=C(\C#N)c2nc(C)cs2)c1. The lowest BCUT2D eigenvalue weighted by Crippen LogP contribution is -2.00. The minimum absolute atomic E-state index is 0.525. The van der Waals surface area contributed by atoms with Crippen LogP contribution in [0.15, 0.2) is 66.2 Å². The fourth-order valence-corrected chi connectivity index (χ4v) is 3.93. The molecule has 2 aromatic carbocycles. The first-order chi connectivity index (χ1) is 14.7. The number of hydrogen-bond acceptors (Lipinski definition) is 5. The van der Waals surface area contributed by atoms with E-state index in [1.165, 1.54) is 11.3 Å². The number of aromatic nitrogens is 3. The quantitative estimate of drug-likeness (QED) is 0.396. The average molecular weight is 413 g/mol. The van der Waals surface area contributed by atoms with Crippen LogP contribution in [0.2, 0.25) is 0 Å². The van der Waals surface area contributed by atoms with Gasteiger partial charge in [0.05, 0.1) is 24.9 Å². The molecule has 0 amide bonds. The molecule has 30 heavy (non-hydrogen) atoms. The molecule has 4 aromatic rings. The first-order valence-corrected chi connectivity index (χ1v) is 10.3. The van der Waals surface area contributed by atoms with Crippen molar-refractivity contribution in [2.45, 2.75) is 13.5 Å².